The number of fused-ring (bicyclic) bond motifs is 2. The average molecular weight is 535 g/mol. The number of hydrogen-bond donors (Lipinski definition) is 1. The van der Waals surface area contributed by atoms with Gasteiger partial charge in [0.2, 0.25) is 0 Å². The molecule has 3 aromatic rings. The molecule has 0 fully saturated rings. The second-order valence-corrected chi connectivity index (χ2v) is 10.2. The van der Waals surface area contributed by atoms with Crippen molar-refractivity contribution in [1.29, 1.82) is 0 Å². The Morgan fingerprint density at radius 1 is 1.14 bits per heavy atom. The molecule has 0 amide bonds. The van der Waals surface area contributed by atoms with Crippen molar-refractivity contribution in [3.63, 3.8) is 0 Å². The van der Waals surface area contributed by atoms with E-state index in [-0.39, 0.29) is 11.3 Å². The summed E-state index contributed by atoms with van der Waals surface area (Å²) < 4.78 is 5.81. The summed E-state index contributed by atoms with van der Waals surface area (Å²) in [6.45, 7) is 2.78. The highest BCUT2D eigenvalue weighted by Gasteiger charge is 2.39. The van der Waals surface area contributed by atoms with Crippen LogP contribution in [0, 0.1) is 0 Å². The van der Waals surface area contributed by atoms with Gasteiger partial charge in [-0.15, -0.1) is 0 Å². The van der Waals surface area contributed by atoms with E-state index in [2.05, 4.69) is 9.88 Å². The van der Waals surface area contributed by atoms with Crippen LogP contribution < -0.4 is 5.43 Å². The van der Waals surface area contributed by atoms with Crippen LogP contribution in [-0.2, 0) is 9.53 Å². The zero-order valence-electron chi connectivity index (χ0n) is 19.7. The van der Waals surface area contributed by atoms with Gasteiger partial charge in [0, 0.05) is 57.5 Å². The summed E-state index contributed by atoms with van der Waals surface area (Å²) >= 11 is 18.9. The lowest BCUT2D eigenvalue weighted by atomic mass is 9.78. The fourth-order valence-electron chi connectivity index (χ4n) is 4.54. The maximum atomic E-state index is 13.7. The van der Waals surface area contributed by atoms with Crippen molar-refractivity contribution in [1.82, 2.24) is 9.88 Å². The van der Waals surface area contributed by atoms with Crippen molar-refractivity contribution in [2.45, 2.75) is 31.8 Å². The molecular formula is C26H26Cl3N3O3. The standard InChI is InChI=1S/C26H26Cl3N3O3/c1-14(33)35-26-18(17-7-5-16(28)12-20(17)29)13-22(30-9-4-10-32(2)3)23-24(26)31-21-8-6-15(27)11-19(21)25(23)34/h5-8,11-12,18,26H,4,9-10,13H2,1-3H3,(H,31,34). The summed E-state index contributed by atoms with van der Waals surface area (Å²) in [5.41, 5.74) is 2.77. The van der Waals surface area contributed by atoms with Crippen molar-refractivity contribution in [2.75, 3.05) is 27.2 Å². The van der Waals surface area contributed by atoms with Crippen molar-refractivity contribution in [2.24, 2.45) is 4.99 Å². The number of benzene rings is 2. The number of carbonyl (C=O) groups is 1. The van der Waals surface area contributed by atoms with Crippen LogP contribution in [0.4, 0.5) is 0 Å². The number of esters is 1. The molecule has 1 aliphatic carbocycles. The minimum Gasteiger partial charge on any atom is -0.455 e. The van der Waals surface area contributed by atoms with E-state index in [1.807, 2.05) is 20.2 Å². The summed E-state index contributed by atoms with van der Waals surface area (Å²) in [5.74, 6) is -0.816. The summed E-state index contributed by atoms with van der Waals surface area (Å²) in [6, 6.07) is 10.3. The van der Waals surface area contributed by atoms with E-state index in [1.165, 1.54) is 6.92 Å². The van der Waals surface area contributed by atoms with Crippen LogP contribution in [0.25, 0.3) is 10.9 Å². The van der Waals surface area contributed by atoms with Crippen molar-refractivity contribution >= 4 is 57.4 Å². The number of halogens is 3. The van der Waals surface area contributed by atoms with E-state index in [9.17, 15) is 9.59 Å². The van der Waals surface area contributed by atoms with Gasteiger partial charge < -0.3 is 14.6 Å². The molecule has 1 heterocycles. The number of ether oxygens (including phenoxy) is 1. The monoisotopic (exact) mass is 533 g/mol. The lowest BCUT2D eigenvalue weighted by molar-refractivity contribution is -0.148. The quantitative estimate of drug-likeness (QED) is 0.310. The number of H-pyrrole nitrogens is 1. The minimum atomic E-state index is -0.755. The van der Waals surface area contributed by atoms with Gasteiger partial charge in [-0.3, -0.25) is 14.6 Å². The van der Waals surface area contributed by atoms with Crippen LogP contribution in [0.3, 0.4) is 0 Å². The maximum absolute atomic E-state index is 13.7. The Bertz CT molecular complexity index is 1370. The van der Waals surface area contributed by atoms with E-state index in [0.717, 1.165) is 18.5 Å². The van der Waals surface area contributed by atoms with Gasteiger partial charge in [-0.2, -0.15) is 0 Å². The van der Waals surface area contributed by atoms with E-state index in [4.69, 9.17) is 44.5 Å². The van der Waals surface area contributed by atoms with Crippen LogP contribution in [0.2, 0.25) is 15.1 Å². The first kappa shape index (κ1) is 25.7. The SMILES string of the molecule is CC(=O)OC1c2[nH]c3ccc(Cl)cc3c(=O)c2C(=NCCCN(C)C)CC1c1ccc(Cl)cc1Cl. The van der Waals surface area contributed by atoms with Crippen molar-refractivity contribution < 1.29 is 9.53 Å². The predicted octanol–water partition coefficient (Wildman–Crippen LogP) is 6.02. The first-order chi connectivity index (χ1) is 16.7. The van der Waals surface area contributed by atoms with E-state index < -0.39 is 12.1 Å². The lowest BCUT2D eigenvalue weighted by Gasteiger charge is -2.34. The van der Waals surface area contributed by atoms with Gasteiger partial charge in [0.25, 0.3) is 0 Å². The average Bonchev–Trinajstić information content (AvgIpc) is 2.78. The van der Waals surface area contributed by atoms with Crippen molar-refractivity contribution in [3.05, 3.63) is 78.5 Å². The van der Waals surface area contributed by atoms with Gasteiger partial charge >= 0.3 is 5.97 Å². The fourth-order valence-corrected chi connectivity index (χ4v) is 5.26. The van der Waals surface area contributed by atoms with E-state index >= 15 is 0 Å². The Kier molecular flexibility index (Phi) is 7.86. The van der Waals surface area contributed by atoms with Crippen LogP contribution in [-0.4, -0.2) is 48.7 Å². The molecule has 6 nitrogen and oxygen atoms in total. The molecule has 9 heteroatoms. The number of aromatic amines is 1. The summed E-state index contributed by atoms with van der Waals surface area (Å²) in [6.07, 6.45) is 0.460. The maximum Gasteiger partial charge on any atom is 0.303 e. The molecule has 184 valence electrons. The van der Waals surface area contributed by atoms with Gasteiger partial charge in [0.05, 0.1) is 11.3 Å². The predicted molar refractivity (Wildman–Crippen MR) is 142 cm³/mol. The molecule has 4 rings (SSSR count). The zero-order chi connectivity index (χ0) is 25.3. The van der Waals surface area contributed by atoms with Gasteiger partial charge in [0.15, 0.2) is 5.43 Å². The molecule has 2 atom stereocenters. The number of rotatable bonds is 6. The highest BCUT2D eigenvalue weighted by molar-refractivity contribution is 6.35. The second kappa shape index (κ2) is 10.7. The molecule has 2 unspecified atom stereocenters. The topological polar surface area (TPSA) is 74.8 Å². The van der Waals surface area contributed by atoms with E-state index in [0.29, 0.717) is 55.9 Å². The number of nitrogens with one attached hydrogen (secondary N) is 1. The molecule has 0 aliphatic heterocycles. The lowest BCUT2D eigenvalue weighted by Crippen LogP contribution is -2.33. The Morgan fingerprint density at radius 2 is 1.86 bits per heavy atom. The number of hydrogen-bond acceptors (Lipinski definition) is 5. The van der Waals surface area contributed by atoms with Gasteiger partial charge in [-0.1, -0.05) is 40.9 Å². The van der Waals surface area contributed by atoms with Crippen LogP contribution in [0.15, 0.2) is 46.2 Å². The molecule has 1 N–H and O–H groups in total. The van der Waals surface area contributed by atoms with Crippen molar-refractivity contribution in [3.8, 4) is 0 Å². The largest absolute Gasteiger partial charge is 0.455 e. The highest BCUT2D eigenvalue weighted by atomic mass is 35.5. The Balaban J connectivity index is 1.93. The molecule has 1 aliphatic rings. The van der Waals surface area contributed by atoms with Crippen LogP contribution >= 0.6 is 34.8 Å². The number of aromatic nitrogens is 1. The number of nitrogens with zero attached hydrogens (tertiary/aromatic N) is 2. The normalized spacial score (nSPS) is 18.8. The first-order valence-corrected chi connectivity index (χ1v) is 12.4. The van der Waals surface area contributed by atoms with Gasteiger partial charge in [-0.05, 0) is 63.0 Å². The number of carbonyl (C=O) groups excluding carboxylic acids is 1. The molecule has 0 saturated carbocycles. The second-order valence-electron chi connectivity index (χ2n) is 8.92. The number of aliphatic imine (C=N–C) groups is 1. The van der Waals surface area contributed by atoms with E-state index in [1.54, 1.807) is 30.3 Å². The molecule has 2 aromatic carbocycles. The van der Waals surface area contributed by atoms with Crippen LogP contribution in [0.1, 0.15) is 48.6 Å². The van der Waals surface area contributed by atoms with Crippen LogP contribution in [0.5, 0.6) is 0 Å². The third-order valence-corrected chi connectivity index (χ3v) is 6.86. The molecular weight excluding hydrogens is 509 g/mol. The third kappa shape index (κ3) is 5.56. The smallest absolute Gasteiger partial charge is 0.303 e. The molecule has 0 saturated heterocycles. The summed E-state index contributed by atoms with van der Waals surface area (Å²) in [7, 11) is 4.01. The minimum absolute atomic E-state index is 0.194. The molecule has 0 bridgehead atoms. The first-order valence-electron chi connectivity index (χ1n) is 11.3. The summed E-state index contributed by atoms with van der Waals surface area (Å²) in [5, 5.41) is 1.89. The zero-order valence-corrected chi connectivity index (χ0v) is 22.0. The van der Waals surface area contributed by atoms with Gasteiger partial charge in [0.1, 0.15) is 6.10 Å². The highest BCUT2D eigenvalue weighted by Crippen LogP contribution is 2.45. The molecule has 0 spiro atoms. The van der Waals surface area contributed by atoms with Gasteiger partial charge in [-0.25, -0.2) is 0 Å². The molecule has 0 radical (unpaired) electrons. The molecule has 1 aromatic heterocycles. The summed E-state index contributed by atoms with van der Waals surface area (Å²) in [4.78, 5) is 36.2. The third-order valence-electron chi connectivity index (χ3n) is 6.06. The number of pyridine rings is 1. The fraction of sp³-hybridized carbons (Fsp3) is 0.346. The Hall–Kier alpha value is -2.38. The Morgan fingerprint density at radius 3 is 2.54 bits per heavy atom. The molecule has 35 heavy (non-hydrogen) atoms. The Labute approximate surface area is 218 Å².